The molecular weight excluding hydrogens is 508 g/mol. The normalized spacial score (nSPS) is 32.2. The molecule has 6 atom stereocenters. The Hall–Kier alpha value is -1.32. The second kappa shape index (κ2) is 11.0. The van der Waals surface area contributed by atoms with E-state index in [-0.39, 0.29) is 53.7 Å². The highest BCUT2D eigenvalue weighted by Gasteiger charge is 2.76. The van der Waals surface area contributed by atoms with Crippen LogP contribution in [0.5, 0.6) is 0 Å². The van der Waals surface area contributed by atoms with Crippen molar-refractivity contribution in [2.24, 2.45) is 11.8 Å². The van der Waals surface area contributed by atoms with Gasteiger partial charge in [0.25, 0.3) is 0 Å². The predicted molar refractivity (Wildman–Crippen MR) is 133 cm³/mol. The van der Waals surface area contributed by atoms with Gasteiger partial charge in [0, 0.05) is 35.8 Å². The summed E-state index contributed by atoms with van der Waals surface area (Å²) in [6.07, 6.45) is 5.93. The average Bonchev–Trinajstić information content (AvgIpc) is 3.36. The molecule has 33 heavy (non-hydrogen) atoms. The van der Waals surface area contributed by atoms with E-state index in [9.17, 15) is 19.5 Å². The molecule has 3 fully saturated rings. The zero-order chi connectivity index (χ0) is 24.3. The van der Waals surface area contributed by atoms with E-state index in [0.717, 1.165) is 6.42 Å². The molecule has 0 aromatic heterocycles. The Labute approximate surface area is 209 Å². The second-order valence-corrected chi connectivity index (χ2v) is 12.0. The number of hydrogen-bond acceptors (Lipinski definition) is 6. The highest BCUT2D eigenvalue weighted by Crippen LogP contribution is 2.68. The number of carbonyl (C=O) groups excluding carboxylic acids is 3. The van der Waals surface area contributed by atoms with Gasteiger partial charge in [-0.15, -0.1) is 24.9 Å². The average molecular weight is 544 g/mol. The van der Waals surface area contributed by atoms with Crippen molar-refractivity contribution in [2.75, 3.05) is 26.3 Å². The number of likely N-dealkylation sites (tertiary alicyclic amines) is 1. The fourth-order valence-electron chi connectivity index (χ4n) is 5.51. The third kappa shape index (κ3) is 4.65. The number of alkyl halides is 1. The summed E-state index contributed by atoms with van der Waals surface area (Å²) in [5, 5.41) is 9.32. The number of halogens is 1. The van der Waals surface area contributed by atoms with Crippen LogP contribution in [0.3, 0.4) is 0 Å². The number of amides is 2. The smallest absolute Gasteiger partial charge is 0.310 e. The number of allylic oxidation sites excluding steroid dienone is 1. The highest BCUT2D eigenvalue weighted by atomic mass is 79.9. The molecule has 0 aromatic rings. The van der Waals surface area contributed by atoms with E-state index in [0.29, 0.717) is 25.8 Å². The first kappa shape index (κ1) is 26.3. The van der Waals surface area contributed by atoms with Gasteiger partial charge < -0.3 is 19.6 Å². The van der Waals surface area contributed by atoms with E-state index in [1.165, 1.54) is 0 Å². The van der Waals surface area contributed by atoms with Gasteiger partial charge in [-0.2, -0.15) is 0 Å². The number of ether oxygens (including phenoxy) is 1. The van der Waals surface area contributed by atoms with Crippen molar-refractivity contribution in [1.82, 2.24) is 9.80 Å². The Morgan fingerprint density at radius 1 is 1.36 bits per heavy atom. The highest BCUT2D eigenvalue weighted by molar-refractivity contribution is 9.09. The zero-order valence-corrected chi connectivity index (χ0v) is 21.9. The van der Waals surface area contributed by atoms with Crippen molar-refractivity contribution in [3.63, 3.8) is 0 Å². The van der Waals surface area contributed by atoms with Crippen molar-refractivity contribution in [1.29, 1.82) is 0 Å². The van der Waals surface area contributed by atoms with Gasteiger partial charge in [0.05, 0.1) is 23.2 Å². The zero-order valence-electron chi connectivity index (χ0n) is 19.5. The maximum Gasteiger partial charge on any atom is 0.310 e. The second-order valence-electron chi connectivity index (χ2n) is 9.24. The van der Waals surface area contributed by atoms with Gasteiger partial charge in [0.15, 0.2) is 0 Å². The Morgan fingerprint density at radius 3 is 2.70 bits per heavy atom. The summed E-state index contributed by atoms with van der Waals surface area (Å²) in [6, 6.07) is -0.743. The summed E-state index contributed by atoms with van der Waals surface area (Å²) in [5.74, 6) is -1.84. The van der Waals surface area contributed by atoms with Gasteiger partial charge in [-0.05, 0) is 39.5 Å². The molecule has 3 aliphatic heterocycles. The molecule has 3 heterocycles. The lowest BCUT2D eigenvalue weighted by Crippen LogP contribution is -2.56. The van der Waals surface area contributed by atoms with Crippen molar-refractivity contribution in [3.8, 4) is 0 Å². The molecule has 3 rings (SSSR count). The van der Waals surface area contributed by atoms with Gasteiger partial charge in [-0.3, -0.25) is 14.4 Å². The van der Waals surface area contributed by atoms with E-state index < -0.39 is 22.6 Å². The van der Waals surface area contributed by atoms with E-state index in [2.05, 4.69) is 29.1 Å². The van der Waals surface area contributed by atoms with Gasteiger partial charge in [0.1, 0.15) is 6.04 Å². The number of carbonyl (C=O) groups is 3. The van der Waals surface area contributed by atoms with Gasteiger partial charge >= 0.3 is 5.97 Å². The number of nitrogens with zero attached hydrogens (tertiary/aromatic N) is 2. The van der Waals surface area contributed by atoms with E-state index in [1.807, 2.05) is 13.8 Å². The summed E-state index contributed by atoms with van der Waals surface area (Å²) < 4.78 is 4.89. The minimum absolute atomic E-state index is 0.0114. The lowest BCUT2D eigenvalue weighted by atomic mass is 9.71. The number of unbranched alkanes of at least 4 members (excludes halogenated alkanes) is 1. The summed E-state index contributed by atoms with van der Waals surface area (Å²) in [5.41, 5.74) is 0. The van der Waals surface area contributed by atoms with Crippen molar-refractivity contribution < 1.29 is 24.2 Å². The van der Waals surface area contributed by atoms with Crippen LogP contribution in [0.4, 0.5) is 0 Å². The Morgan fingerprint density at radius 2 is 2.09 bits per heavy atom. The van der Waals surface area contributed by atoms with E-state index in [4.69, 9.17) is 4.74 Å². The standard InChI is InChI=1S/C24H35BrN2O5S/c1-5-7-8-13-32-23(31)17-18-21(29)27(11-9-12-28)20(22(30)26(10-6-2)15(3)4)24(18)14-16(25)19(17)33-24/h5-6,15-20,28H,1-2,7-14H2,3-4H3/t16?,17-,18+,19-,20?,24?/m1/s1. The number of aliphatic hydroxyl groups is 1. The minimum Gasteiger partial charge on any atom is -0.465 e. The van der Waals surface area contributed by atoms with Gasteiger partial charge in [-0.25, -0.2) is 0 Å². The van der Waals surface area contributed by atoms with Gasteiger partial charge in [-0.1, -0.05) is 28.1 Å². The third-order valence-corrected chi connectivity index (χ3v) is 10.1. The van der Waals surface area contributed by atoms with Crippen LogP contribution in [0.25, 0.3) is 0 Å². The van der Waals surface area contributed by atoms with E-state index >= 15 is 0 Å². The summed E-state index contributed by atoms with van der Waals surface area (Å²) in [7, 11) is 0. The monoisotopic (exact) mass is 542 g/mol. The van der Waals surface area contributed by atoms with Crippen LogP contribution in [0.15, 0.2) is 25.3 Å². The Bertz CT molecular complexity index is 793. The lowest BCUT2D eigenvalue weighted by molar-refractivity contribution is -0.154. The first-order valence-corrected chi connectivity index (χ1v) is 13.5. The van der Waals surface area contributed by atoms with Crippen LogP contribution in [0.2, 0.25) is 0 Å². The van der Waals surface area contributed by atoms with Gasteiger partial charge in [0.2, 0.25) is 11.8 Å². The van der Waals surface area contributed by atoms with Crippen molar-refractivity contribution in [3.05, 3.63) is 25.3 Å². The minimum atomic E-state index is -0.693. The molecule has 1 spiro atoms. The summed E-state index contributed by atoms with van der Waals surface area (Å²) >= 11 is 5.34. The van der Waals surface area contributed by atoms with Crippen LogP contribution < -0.4 is 0 Å². The first-order chi connectivity index (χ1) is 15.7. The number of aliphatic hydroxyl groups excluding tert-OH is 1. The molecule has 0 aromatic carbocycles. The van der Waals surface area contributed by atoms with E-state index in [1.54, 1.807) is 33.7 Å². The lowest BCUT2D eigenvalue weighted by Gasteiger charge is -2.39. The van der Waals surface area contributed by atoms with Crippen LogP contribution in [0.1, 0.15) is 39.5 Å². The number of rotatable bonds is 12. The molecule has 3 unspecified atom stereocenters. The molecule has 0 aliphatic carbocycles. The molecule has 2 bridgehead atoms. The molecule has 2 amide bonds. The van der Waals surface area contributed by atoms with Crippen LogP contribution in [-0.4, -0.2) is 85.9 Å². The maximum atomic E-state index is 13.9. The summed E-state index contributed by atoms with van der Waals surface area (Å²) in [4.78, 5) is 44.2. The molecule has 0 saturated carbocycles. The van der Waals surface area contributed by atoms with Crippen LogP contribution >= 0.6 is 27.7 Å². The Kier molecular flexibility index (Phi) is 8.72. The molecule has 7 nitrogen and oxygen atoms in total. The number of fused-ring (bicyclic) bond motifs is 1. The quantitative estimate of drug-likeness (QED) is 0.176. The van der Waals surface area contributed by atoms with Crippen LogP contribution in [0, 0.1) is 11.8 Å². The molecule has 184 valence electrons. The number of esters is 1. The molecular formula is C24H35BrN2O5S. The molecule has 9 heteroatoms. The molecule has 3 saturated heterocycles. The van der Waals surface area contributed by atoms with Crippen LogP contribution in [-0.2, 0) is 19.1 Å². The SMILES string of the molecule is C=CCCCOC(=O)[C@H]1[C@@H]2SC3(CC2Br)C(C(=O)N(CC=C)C(C)C)N(CCCO)C(=O)[C@H]13. The molecule has 3 aliphatic rings. The molecule has 0 radical (unpaired) electrons. The largest absolute Gasteiger partial charge is 0.465 e. The predicted octanol–water partition coefficient (Wildman–Crippen LogP) is 2.77. The maximum absolute atomic E-state index is 13.9. The molecule has 1 N–H and O–H groups in total. The fraction of sp³-hybridized carbons (Fsp3) is 0.708. The van der Waals surface area contributed by atoms with Crippen molar-refractivity contribution >= 4 is 45.5 Å². The first-order valence-electron chi connectivity index (χ1n) is 11.7. The topological polar surface area (TPSA) is 87.2 Å². The summed E-state index contributed by atoms with van der Waals surface area (Å²) in [6.45, 7) is 12.2. The number of hydrogen-bond donors (Lipinski definition) is 1. The van der Waals surface area contributed by atoms with Crippen molar-refractivity contribution in [2.45, 2.75) is 66.4 Å². The Balaban J connectivity index is 1.96. The third-order valence-electron chi connectivity index (χ3n) is 6.88. The number of thioether (sulfide) groups is 1. The fourth-order valence-corrected chi connectivity index (χ4v) is 9.10.